The van der Waals surface area contributed by atoms with Crippen molar-refractivity contribution in [2.45, 2.75) is 116 Å². The number of carbonyl (C=O) groups is 4. The number of nitrogens with zero attached hydrogens (tertiary/aromatic N) is 2. The van der Waals surface area contributed by atoms with Crippen LogP contribution < -0.4 is 16.4 Å². The molecule has 0 unspecified atom stereocenters. The maximum atomic E-state index is 12.9. The minimum Gasteiger partial charge on any atom is -0.444 e. The number of rotatable bonds is 12. The second-order valence-corrected chi connectivity index (χ2v) is 13.9. The maximum Gasteiger partial charge on any atom is 0.410 e. The average Bonchev–Trinajstić information content (AvgIpc) is 2.76. The molecule has 244 valence electrons. The normalized spacial score (nSPS) is 16.4. The highest BCUT2D eigenvalue weighted by Gasteiger charge is 2.47. The Bertz CT molecular complexity index is 918. The average molecular weight is 604 g/mol. The molecule has 0 radical (unpaired) electrons. The number of alkyl carbamates (subject to hydrolysis) is 1. The molecule has 0 aliphatic carbocycles. The number of aliphatic hydroxyl groups is 2. The van der Waals surface area contributed by atoms with Gasteiger partial charge in [-0.05, 0) is 81.6 Å². The van der Waals surface area contributed by atoms with Crippen molar-refractivity contribution in [1.82, 2.24) is 20.4 Å². The molecule has 2 atom stereocenters. The number of nitrogens with one attached hydrogen (secondary N) is 2. The number of amides is 4. The van der Waals surface area contributed by atoms with Crippen molar-refractivity contribution in [3.63, 3.8) is 0 Å². The topological polar surface area (TPSA) is 193 Å². The Morgan fingerprint density at radius 1 is 0.905 bits per heavy atom. The Morgan fingerprint density at radius 2 is 1.45 bits per heavy atom. The molecule has 0 aromatic heterocycles. The van der Waals surface area contributed by atoms with E-state index in [2.05, 4.69) is 10.6 Å². The summed E-state index contributed by atoms with van der Waals surface area (Å²) in [6, 6.07) is -0.824. The van der Waals surface area contributed by atoms with Gasteiger partial charge in [-0.1, -0.05) is 0 Å². The van der Waals surface area contributed by atoms with Crippen molar-refractivity contribution in [3.05, 3.63) is 0 Å². The lowest BCUT2D eigenvalue weighted by Gasteiger charge is -2.48. The van der Waals surface area contributed by atoms with E-state index < -0.39 is 58.7 Å². The lowest BCUT2D eigenvalue weighted by Crippen LogP contribution is -2.68. The van der Waals surface area contributed by atoms with Gasteiger partial charge in [0.2, 0.25) is 5.91 Å². The summed E-state index contributed by atoms with van der Waals surface area (Å²) < 4.78 is 15.9. The van der Waals surface area contributed by atoms with Crippen LogP contribution in [0.2, 0.25) is 0 Å². The predicted octanol–water partition coefficient (Wildman–Crippen LogP) is 1.70. The summed E-state index contributed by atoms with van der Waals surface area (Å²) in [5.74, 6) is -0.469. The van der Waals surface area contributed by atoms with Gasteiger partial charge in [0, 0.05) is 13.1 Å². The molecule has 0 aromatic carbocycles. The third kappa shape index (κ3) is 15.4. The molecular formula is C28H53N5O9. The van der Waals surface area contributed by atoms with E-state index in [9.17, 15) is 29.4 Å². The van der Waals surface area contributed by atoms with Crippen molar-refractivity contribution in [3.8, 4) is 0 Å². The number of β-amino-alcohol motifs (C(OH)–C–C–N with tert-alkyl or cyclic N) is 1. The fourth-order valence-electron chi connectivity index (χ4n) is 3.90. The van der Waals surface area contributed by atoms with Crippen molar-refractivity contribution >= 4 is 24.2 Å². The summed E-state index contributed by atoms with van der Waals surface area (Å²) in [4.78, 5) is 51.7. The molecule has 1 fully saturated rings. The third-order valence-electron chi connectivity index (χ3n) is 5.65. The van der Waals surface area contributed by atoms with E-state index in [0.717, 1.165) is 4.90 Å². The summed E-state index contributed by atoms with van der Waals surface area (Å²) in [5.41, 5.74) is 2.45. The van der Waals surface area contributed by atoms with Crippen LogP contribution >= 0.6 is 0 Å². The molecule has 14 heteroatoms. The smallest absolute Gasteiger partial charge is 0.410 e. The Hall–Kier alpha value is -2.84. The van der Waals surface area contributed by atoms with Crippen LogP contribution in [0.25, 0.3) is 0 Å². The van der Waals surface area contributed by atoms with E-state index in [-0.39, 0.29) is 32.7 Å². The standard InChI is InChI=1S/C28H53N5O9/c1-25(2,3)40-22(36)30-13-11-10-12-20(29)21(35)31-14-19(34)15-32(23(37)41-26(4,5)6)16-28(39)17-33(18-28)24(38)42-27(7,8)9/h19-20,34,39H,10-18,29H2,1-9H3,(H,30,36)(H,31,35)/t19-,20-/m0/s1. The molecule has 1 aliphatic heterocycles. The summed E-state index contributed by atoms with van der Waals surface area (Å²) >= 11 is 0. The van der Waals surface area contributed by atoms with E-state index in [0.29, 0.717) is 25.8 Å². The van der Waals surface area contributed by atoms with Crippen LogP contribution in [0, 0.1) is 0 Å². The predicted molar refractivity (Wildman–Crippen MR) is 156 cm³/mol. The molecule has 0 bridgehead atoms. The van der Waals surface area contributed by atoms with Gasteiger partial charge in [0.1, 0.15) is 22.4 Å². The van der Waals surface area contributed by atoms with Crippen LogP contribution in [-0.2, 0) is 19.0 Å². The molecule has 0 spiro atoms. The number of aliphatic hydroxyl groups excluding tert-OH is 1. The number of carbonyl (C=O) groups excluding carboxylic acids is 4. The van der Waals surface area contributed by atoms with Gasteiger partial charge in [0.05, 0.1) is 38.3 Å². The van der Waals surface area contributed by atoms with Crippen molar-refractivity contribution < 1.29 is 43.6 Å². The van der Waals surface area contributed by atoms with E-state index in [1.165, 1.54) is 4.90 Å². The van der Waals surface area contributed by atoms with Crippen molar-refractivity contribution in [2.24, 2.45) is 5.73 Å². The molecule has 1 saturated heterocycles. The number of hydrogen-bond donors (Lipinski definition) is 5. The Labute approximate surface area is 249 Å². The summed E-state index contributed by atoms with van der Waals surface area (Å²) in [7, 11) is 0. The number of nitrogens with two attached hydrogens (primary N) is 1. The van der Waals surface area contributed by atoms with Gasteiger partial charge in [-0.25, -0.2) is 14.4 Å². The highest BCUT2D eigenvalue weighted by molar-refractivity contribution is 5.81. The van der Waals surface area contributed by atoms with Gasteiger partial charge < -0.3 is 50.6 Å². The second kappa shape index (κ2) is 15.1. The molecule has 4 amide bonds. The maximum absolute atomic E-state index is 12.9. The highest BCUT2D eigenvalue weighted by atomic mass is 16.6. The largest absolute Gasteiger partial charge is 0.444 e. The molecule has 6 N–H and O–H groups in total. The first-order valence-corrected chi connectivity index (χ1v) is 14.3. The van der Waals surface area contributed by atoms with E-state index in [1.54, 1.807) is 62.3 Å². The number of ether oxygens (including phenoxy) is 3. The molecule has 1 aliphatic rings. The third-order valence-corrected chi connectivity index (χ3v) is 5.65. The Morgan fingerprint density at radius 3 is 1.98 bits per heavy atom. The summed E-state index contributed by atoms with van der Waals surface area (Å²) in [6.07, 6.45) is -1.48. The first kappa shape index (κ1) is 37.2. The zero-order valence-corrected chi connectivity index (χ0v) is 26.7. The lowest BCUT2D eigenvalue weighted by atomic mass is 9.94. The monoisotopic (exact) mass is 603 g/mol. The molecule has 42 heavy (non-hydrogen) atoms. The second-order valence-electron chi connectivity index (χ2n) is 13.9. The van der Waals surface area contributed by atoms with Crippen LogP contribution in [0.15, 0.2) is 0 Å². The van der Waals surface area contributed by atoms with Gasteiger partial charge in [0.25, 0.3) is 0 Å². The van der Waals surface area contributed by atoms with Crippen LogP contribution in [0.4, 0.5) is 14.4 Å². The minimum atomic E-state index is -1.42. The molecule has 1 rings (SSSR count). The number of hydrogen-bond acceptors (Lipinski definition) is 10. The Balaban J connectivity index is 2.56. The fourth-order valence-corrected chi connectivity index (χ4v) is 3.90. The van der Waals surface area contributed by atoms with E-state index >= 15 is 0 Å². The first-order valence-electron chi connectivity index (χ1n) is 14.3. The number of likely N-dealkylation sites (tertiary alicyclic amines) is 1. The van der Waals surface area contributed by atoms with Gasteiger partial charge in [-0.15, -0.1) is 0 Å². The molecular weight excluding hydrogens is 550 g/mol. The van der Waals surface area contributed by atoms with Crippen LogP contribution in [0.3, 0.4) is 0 Å². The SMILES string of the molecule is CC(C)(C)OC(=O)NCCCC[C@H](N)C(=O)NC[C@H](O)CN(CC1(O)CN(C(=O)OC(C)(C)C)C1)C(=O)OC(C)(C)C. The summed E-state index contributed by atoms with van der Waals surface area (Å²) in [6.45, 7) is 15.2. The van der Waals surface area contributed by atoms with Gasteiger partial charge in [-0.3, -0.25) is 4.79 Å². The molecule has 1 heterocycles. The summed E-state index contributed by atoms with van der Waals surface area (Å²) in [5, 5.41) is 26.8. The zero-order valence-electron chi connectivity index (χ0n) is 26.7. The van der Waals surface area contributed by atoms with Crippen LogP contribution in [0.5, 0.6) is 0 Å². The van der Waals surface area contributed by atoms with Crippen molar-refractivity contribution in [1.29, 1.82) is 0 Å². The molecule has 14 nitrogen and oxygen atoms in total. The van der Waals surface area contributed by atoms with E-state index in [4.69, 9.17) is 19.9 Å². The van der Waals surface area contributed by atoms with E-state index in [1.807, 2.05) is 0 Å². The van der Waals surface area contributed by atoms with Gasteiger partial charge in [-0.2, -0.15) is 0 Å². The van der Waals surface area contributed by atoms with Crippen LogP contribution in [-0.4, -0.2) is 118 Å². The van der Waals surface area contributed by atoms with Gasteiger partial charge in [0.15, 0.2) is 0 Å². The highest BCUT2D eigenvalue weighted by Crippen LogP contribution is 2.25. The molecule has 0 saturated carbocycles. The number of unbranched alkanes of at least 4 members (excludes halogenated alkanes) is 1. The fraction of sp³-hybridized carbons (Fsp3) is 0.857. The van der Waals surface area contributed by atoms with Gasteiger partial charge >= 0.3 is 18.3 Å². The first-order chi connectivity index (χ1) is 19.0. The Kier molecular flexibility index (Phi) is 13.3. The quantitative estimate of drug-likeness (QED) is 0.162. The van der Waals surface area contributed by atoms with Crippen LogP contribution in [0.1, 0.15) is 81.6 Å². The lowest BCUT2D eigenvalue weighted by molar-refractivity contribution is -0.123. The molecule has 0 aromatic rings. The minimum absolute atomic E-state index is 0.0593. The zero-order chi connectivity index (χ0) is 32.5. The van der Waals surface area contributed by atoms with Crippen molar-refractivity contribution in [2.75, 3.05) is 39.3 Å².